The molecule has 0 aliphatic rings. The van der Waals surface area contributed by atoms with Crippen LogP contribution < -0.4 is 5.32 Å². The molecule has 17 heavy (non-hydrogen) atoms. The molecule has 1 atom stereocenters. The van der Waals surface area contributed by atoms with Crippen molar-refractivity contribution in [3.63, 3.8) is 0 Å². The Hall–Kier alpha value is -0.420. The van der Waals surface area contributed by atoms with Gasteiger partial charge >= 0.3 is 0 Å². The maximum atomic E-state index is 5.93. The maximum Gasteiger partial charge on any atom is 0.107 e. The lowest BCUT2D eigenvalue weighted by Gasteiger charge is -2.10. The van der Waals surface area contributed by atoms with Crippen LogP contribution in [-0.2, 0) is 6.54 Å². The van der Waals surface area contributed by atoms with Gasteiger partial charge in [0.15, 0.2) is 0 Å². The van der Waals surface area contributed by atoms with Gasteiger partial charge in [0.05, 0.1) is 10.0 Å². The molecule has 0 bridgehead atoms. The zero-order chi connectivity index (χ0) is 12.4. The van der Waals surface area contributed by atoms with Crippen molar-refractivity contribution in [2.75, 3.05) is 0 Å². The molecule has 0 aliphatic heterocycles. The van der Waals surface area contributed by atoms with Crippen molar-refractivity contribution in [1.82, 2.24) is 10.3 Å². The number of aryl methyl sites for hydroxylation is 2. The van der Waals surface area contributed by atoms with E-state index in [0.29, 0.717) is 6.04 Å². The van der Waals surface area contributed by atoms with Crippen molar-refractivity contribution >= 4 is 34.3 Å². The second kappa shape index (κ2) is 5.48. The van der Waals surface area contributed by atoms with Crippen LogP contribution in [0, 0.1) is 13.8 Å². The third-order valence-electron chi connectivity index (χ3n) is 2.65. The van der Waals surface area contributed by atoms with E-state index in [9.17, 15) is 0 Å². The molecule has 0 radical (unpaired) electrons. The average molecular weight is 287 g/mol. The summed E-state index contributed by atoms with van der Waals surface area (Å²) in [5.41, 5.74) is 1.14. The first kappa shape index (κ1) is 13.0. The normalized spacial score (nSPS) is 12.9. The Morgan fingerprint density at radius 2 is 2.12 bits per heavy atom. The summed E-state index contributed by atoms with van der Waals surface area (Å²) in [4.78, 5) is 7.08. The van der Waals surface area contributed by atoms with Crippen LogP contribution >= 0.6 is 34.3 Å². The second-order valence-electron chi connectivity index (χ2n) is 3.99. The lowest BCUT2D eigenvalue weighted by molar-refractivity contribution is 0.581. The third-order valence-corrected chi connectivity index (χ3v) is 5.14. The third kappa shape index (κ3) is 3.28. The SMILES string of the molecule is Cc1nc(CNC(C)c2ccc(Cl)s2)sc1C. The molecular formula is C12H15ClN2S2. The lowest BCUT2D eigenvalue weighted by atomic mass is 10.3. The van der Waals surface area contributed by atoms with Crippen molar-refractivity contribution < 1.29 is 0 Å². The Balaban J connectivity index is 1.94. The number of nitrogens with zero attached hydrogens (tertiary/aromatic N) is 1. The summed E-state index contributed by atoms with van der Waals surface area (Å²) in [5.74, 6) is 0. The molecule has 2 rings (SSSR count). The molecule has 0 aliphatic carbocycles. The number of hydrogen-bond donors (Lipinski definition) is 1. The van der Waals surface area contributed by atoms with Crippen LogP contribution in [0.5, 0.6) is 0 Å². The van der Waals surface area contributed by atoms with E-state index in [1.807, 2.05) is 6.07 Å². The Labute approximate surface area is 115 Å². The largest absolute Gasteiger partial charge is 0.303 e. The molecule has 1 N–H and O–H groups in total. The van der Waals surface area contributed by atoms with Gasteiger partial charge in [-0.3, -0.25) is 0 Å². The van der Waals surface area contributed by atoms with Gasteiger partial charge in [0.25, 0.3) is 0 Å². The molecule has 2 nitrogen and oxygen atoms in total. The minimum atomic E-state index is 0.317. The molecular weight excluding hydrogens is 272 g/mol. The summed E-state index contributed by atoms with van der Waals surface area (Å²) >= 11 is 9.31. The van der Waals surface area contributed by atoms with Gasteiger partial charge in [-0.25, -0.2) is 4.98 Å². The van der Waals surface area contributed by atoms with E-state index in [0.717, 1.165) is 21.6 Å². The predicted molar refractivity (Wildman–Crippen MR) is 76.2 cm³/mol. The Morgan fingerprint density at radius 1 is 1.35 bits per heavy atom. The van der Waals surface area contributed by atoms with E-state index < -0.39 is 0 Å². The molecule has 0 fully saturated rings. The fraction of sp³-hybridized carbons (Fsp3) is 0.417. The molecule has 0 aromatic carbocycles. The molecule has 0 saturated carbocycles. The number of thiophene rings is 1. The first-order valence-corrected chi connectivity index (χ1v) is 7.49. The van der Waals surface area contributed by atoms with Gasteiger partial charge in [0.1, 0.15) is 5.01 Å². The van der Waals surface area contributed by atoms with Gasteiger partial charge in [0.2, 0.25) is 0 Å². The standard InChI is InChI=1S/C12H15ClN2S2/c1-7-9(3)16-12(15-7)6-14-8(2)10-4-5-11(13)17-10/h4-5,8,14H,6H2,1-3H3. The van der Waals surface area contributed by atoms with Crippen molar-refractivity contribution in [1.29, 1.82) is 0 Å². The summed E-state index contributed by atoms with van der Waals surface area (Å²) in [6.07, 6.45) is 0. The quantitative estimate of drug-likeness (QED) is 0.905. The van der Waals surface area contributed by atoms with Gasteiger partial charge in [0, 0.05) is 22.3 Å². The Bertz CT molecular complexity index is 485. The molecule has 0 saturated heterocycles. The number of halogens is 1. The lowest BCUT2D eigenvalue weighted by Crippen LogP contribution is -2.16. The van der Waals surface area contributed by atoms with E-state index in [1.54, 1.807) is 22.7 Å². The van der Waals surface area contributed by atoms with Gasteiger partial charge in [-0.05, 0) is 32.9 Å². The number of thiazole rings is 1. The summed E-state index contributed by atoms with van der Waals surface area (Å²) in [6, 6.07) is 4.33. The molecule has 5 heteroatoms. The van der Waals surface area contributed by atoms with Gasteiger partial charge in [-0.2, -0.15) is 0 Å². The minimum Gasteiger partial charge on any atom is -0.303 e. The van der Waals surface area contributed by atoms with E-state index in [4.69, 9.17) is 11.6 Å². The van der Waals surface area contributed by atoms with Crippen LogP contribution in [0.15, 0.2) is 12.1 Å². The van der Waals surface area contributed by atoms with Gasteiger partial charge < -0.3 is 5.32 Å². The number of aromatic nitrogens is 1. The predicted octanol–water partition coefficient (Wildman–Crippen LogP) is 4.33. The van der Waals surface area contributed by atoms with Crippen LogP contribution in [-0.4, -0.2) is 4.98 Å². The topological polar surface area (TPSA) is 24.9 Å². The average Bonchev–Trinajstić information content (AvgIpc) is 2.83. The highest BCUT2D eigenvalue weighted by molar-refractivity contribution is 7.16. The molecule has 2 aromatic heterocycles. The molecule has 1 unspecified atom stereocenters. The summed E-state index contributed by atoms with van der Waals surface area (Å²) < 4.78 is 0.842. The number of nitrogens with one attached hydrogen (secondary N) is 1. The summed E-state index contributed by atoms with van der Waals surface area (Å²) in [7, 11) is 0. The number of rotatable bonds is 4. The van der Waals surface area contributed by atoms with Crippen LogP contribution in [0.3, 0.4) is 0 Å². The smallest absolute Gasteiger partial charge is 0.107 e. The van der Waals surface area contributed by atoms with Crippen molar-refractivity contribution in [3.8, 4) is 0 Å². The fourth-order valence-corrected chi connectivity index (χ4v) is 3.49. The summed E-state index contributed by atoms with van der Waals surface area (Å²) in [5, 5.41) is 4.62. The fourth-order valence-electron chi connectivity index (χ4n) is 1.52. The first-order valence-electron chi connectivity index (χ1n) is 5.48. The Kier molecular flexibility index (Phi) is 4.20. The zero-order valence-electron chi connectivity index (χ0n) is 10.1. The Morgan fingerprint density at radius 3 is 2.65 bits per heavy atom. The second-order valence-corrected chi connectivity index (χ2v) is 7.03. The van der Waals surface area contributed by atoms with E-state index in [2.05, 4.69) is 37.1 Å². The minimum absolute atomic E-state index is 0.317. The molecule has 0 spiro atoms. The maximum absolute atomic E-state index is 5.93. The molecule has 0 amide bonds. The van der Waals surface area contributed by atoms with Crippen LogP contribution in [0.1, 0.15) is 33.4 Å². The van der Waals surface area contributed by atoms with Crippen LogP contribution in [0.2, 0.25) is 4.34 Å². The van der Waals surface area contributed by atoms with E-state index in [-0.39, 0.29) is 0 Å². The molecule has 2 heterocycles. The first-order chi connectivity index (χ1) is 8.06. The van der Waals surface area contributed by atoms with Crippen molar-refractivity contribution in [2.45, 2.75) is 33.4 Å². The van der Waals surface area contributed by atoms with E-state index in [1.165, 1.54) is 9.75 Å². The highest BCUT2D eigenvalue weighted by Crippen LogP contribution is 2.27. The highest BCUT2D eigenvalue weighted by Gasteiger charge is 2.09. The summed E-state index contributed by atoms with van der Waals surface area (Å²) in [6.45, 7) is 7.13. The number of hydrogen-bond acceptors (Lipinski definition) is 4. The zero-order valence-corrected chi connectivity index (χ0v) is 12.5. The van der Waals surface area contributed by atoms with Crippen LogP contribution in [0.25, 0.3) is 0 Å². The highest BCUT2D eigenvalue weighted by atomic mass is 35.5. The van der Waals surface area contributed by atoms with Gasteiger partial charge in [-0.1, -0.05) is 11.6 Å². The monoisotopic (exact) mass is 286 g/mol. The van der Waals surface area contributed by atoms with E-state index >= 15 is 0 Å². The van der Waals surface area contributed by atoms with Crippen LogP contribution in [0.4, 0.5) is 0 Å². The van der Waals surface area contributed by atoms with Gasteiger partial charge in [-0.15, -0.1) is 22.7 Å². The van der Waals surface area contributed by atoms with Crippen molar-refractivity contribution in [3.05, 3.63) is 36.9 Å². The molecule has 92 valence electrons. The van der Waals surface area contributed by atoms with Crippen molar-refractivity contribution in [2.24, 2.45) is 0 Å². The molecule has 2 aromatic rings.